The number of amides is 1. The maximum atomic E-state index is 12.2. The molecule has 0 heterocycles. The number of nitrogens with one attached hydrogen (secondary N) is 2. The van der Waals surface area contributed by atoms with Crippen LogP contribution in [0.3, 0.4) is 0 Å². The Morgan fingerprint density at radius 1 is 1.23 bits per heavy atom. The van der Waals surface area contributed by atoms with Crippen molar-refractivity contribution in [1.29, 1.82) is 0 Å². The summed E-state index contributed by atoms with van der Waals surface area (Å²) in [5, 5.41) is 16.0. The van der Waals surface area contributed by atoms with Gasteiger partial charge in [0.15, 0.2) is 0 Å². The van der Waals surface area contributed by atoms with Gasteiger partial charge in [-0.25, -0.2) is 0 Å². The minimum Gasteiger partial charge on any atom is -0.406 e. The zero-order chi connectivity index (χ0) is 19.3. The van der Waals surface area contributed by atoms with Crippen molar-refractivity contribution in [1.82, 2.24) is 0 Å². The molecule has 0 radical (unpaired) electrons. The number of anilines is 2. The van der Waals surface area contributed by atoms with E-state index in [1.54, 1.807) is 13.0 Å². The molecule has 26 heavy (non-hydrogen) atoms. The van der Waals surface area contributed by atoms with Gasteiger partial charge in [-0.2, -0.15) is 0 Å². The summed E-state index contributed by atoms with van der Waals surface area (Å²) in [6.45, 7) is 1.37. The largest absolute Gasteiger partial charge is 0.573 e. The van der Waals surface area contributed by atoms with Crippen LogP contribution < -0.4 is 15.4 Å². The minimum atomic E-state index is -4.82. The van der Waals surface area contributed by atoms with E-state index >= 15 is 0 Å². The number of alkyl halides is 3. The van der Waals surface area contributed by atoms with Crippen molar-refractivity contribution in [3.8, 4) is 5.75 Å². The zero-order valence-electron chi connectivity index (χ0n) is 13.5. The maximum absolute atomic E-state index is 12.2. The lowest BCUT2D eigenvalue weighted by atomic mass is 10.2. The zero-order valence-corrected chi connectivity index (χ0v) is 13.5. The van der Waals surface area contributed by atoms with Gasteiger partial charge < -0.3 is 15.4 Å². The summed E-state index contributed by atoms with van der Waals surface area (Å²) in [5.74, 6) is -1.03. The SMILES string of the molecule is Cc1ccc(NC(=O)CNc2cccc(OC(F)(F)F)c2)c([N+](=O)[O-])c1. The summed E-state index contributed by atoms with van der Waals surface area (Å²) < 4.78 is 40.4. The fraction of sp³-hybridized carbons (Fsp3) is 0.188. The Morgan fingerprint density at radius 3 is 2.62 bits per heavy atom. The molecular formula is C16H14F3N3O4. The van der Waals surface area contributed by atoms with E-state index in [2.05, 4.69) is 15.4 Å². The molecule has 2 N–H and O–H groups in total. The highest BCUT2D eigenvalue weighted by Crippen LogP contribution is 2.26. The first-order valence-corrected chi connectivity index (χ1v) is 7.28. The smallest absolute Gasteiger partial charge is 0.406 e. The van der Waals surface area contributed by atoms with Crippen LogP contribution in [-0.4, -0.2) is 23.7 Å². The average Bonchev–Trinajstić information content (AvgIpc) is 2.53. The average molecular weight is 369 g/mol. The van der Waals surface area contributed by atoms with Gasteiger partial charge in [-0.15, -0.1) is 13.2 Å². The molecule has 10 heteroatoms. The fourth-order valence-corrected chi connectivity index (χ4v) is 2.08. The summed E-state index contributed by atoms with van der Waals surface area (Å²) in [4.78, 5) is 22.4. The molecule has 0 atom stereocenters. The Balaban J connectivity index is 2.00. The summed E-state index contributed by atoms with van der Waals surface area (Å²) in [6.07, 6.45) is -4.82. The van der Waals surface area contributed by atoms with Crippen LogP contribution in [0, 0.1) is 17.0 Å². The number of hydrogen-bond donors (Lipinski definition) is 2. The molecule has 2 aromatic carbocycles. The predicted octanol–water partition coefficient (Wildman–Crippen LogP) is 3.85. The lowest BCUT2D eigenvalue weighted by Gasteiger charge is -2.11. The molecule has 0 saturated heterocycles. The van der Waals surface area contributed by atoms with E-state index < -0.39 is 22.9 Å². The normalized spacial score (nSPS) is 10.9. The van der Waals surface area contributed by atoms with Crippen LogP contribution in [-0.2, 0) is 4.79 Å². The van der Waals surface area contributed by atoms with Crippen LogP contribution in [0.5, 0.6) is 5.75 Å². The van der Waals surface area contributed by atoms with Crippen molar-refractivity contribution < 1.29 is 27.6 Å². The third-order valence-electron chi connectivity index (χ3n) is 3.14. The van der Waals surface area contributed by atoms with E-state index in [0.29, 0.717) is 5.56 Å². The Labute approximate surface area is 145 Å². The van der Waals surface area contributed by atoms with E-state index in [9.17, 15) is 28.1 Å². The quantitative estimate of drug-likeness (QED) is 0.596. The molecule has 0 unspecified atom stereocenters. The van der Waals surface area contributed by atoms with Crippen LogP contribution in [0.15, 0.2) is 42.5 Å². The van der Waals surface area contributed by atoms with Gasteiger partial charge in [0.25, 0.3) is 5.69 Å². The first kappa shape index (κ1) is 19.0. The van der Waals surface area contributed by atoms with Crippen LogP contribution >= 0.6 is 0 Å². The topological polar surface area (TPSA) is 93.5 Å². The third-order valence-corrected chi connectivity index (χ3v) is 3.14. The van der Waals surface area contributed by atoms with Gasteiger partial charge in [0.1, 0.15) is 11.4 Å². The molecule has 0 aromatic heterocycles. The summed E-state index contributed by atoms with van der Waals surface area (Å²) in [5.41, 5.74) is 0.662. The molecule has 0 aliphatic heterocycles. The van der Waals surface area contributed by atoms with Gasteiger partial charge in [-0.3, -0.25) is 14.9 Å². The van der Waals surface area contributed by atoms with Crippen LogP contribution in [0.2, 0.25) is 0 Å². The van der Waals surface area contributed by atoms with Crippen molar-refractivity contribution in [2.45, 2.75) is 13.3 Å². The molecule has 0 saturated carbocycles. The monoisotopic (exact) mass is 369 g/mol. The number of hydrogen-bond acceptors (Lipinski definition) is 5. The lowest BCUT2D eigenvalue weighted by molar-refractivity contribution is -0.384. The summed E-state index contributed by atoms with van der Waals surface area (Å²) >= 11 is 0. The fourth-order valence-electron chi connectivity index (χ4n) is 2.08. The molecule has 2 aromatic rings. The van der Waals surface area contributed by atoms with Gasteiger partial charge in [0.2, 0.25) is 5.91 Å². The van der Waals surface area contributed by atoms with Crippen molar-refractivity contribution in [3.63, 3.8) is 0 Å². The number of ether oxygens (including phenoxy) is 1. The standard InChI is InChI=1S/C16H14F3N3O4/c1-10-5-6-13(14(7-10)22(24)25)21-15(23)9-20-11-3-2-4-12(8-11)26-16(17,18)19/h2-8,20H,9H2,1H3,(H,21,23). The molecule has 0 aliphatic carbocycles. The highest BCUT2D eigenvalue weighted by atomic mass is 19.4. The van der Waals surface area contributed by atoms with Crippen LogP contribution in [0.4, 0.5) is 30.2 Å². The number of nitrogens with zero attached hydrogens (tertiary/aromatic N) is 1. The number of carbonyl (C=O) groups is 1. The Bertz CT molecular complexity index is 825. The molecule has 7 nitrogen and oxygen atoms in total. The Morgan fingerprint density at radius 2 is 1.96 bits per heavy atom. The van der Waals surface area contributed by atoms with Crippen LogP contribution in [0.1, 0.15) is 5.56 Å². The third kappa shape index (κ3) is 5.65. The van der Waals surface area contributed by atoms with Gasteiger partial charge in [0.05, 0.1) is 11.5 Å². The number of benzene rings is 2. The molecule has 1 amide bonds. The van der Waals surface area contributed by atoms with Crippen molar-refractivity contribution in [3.05, 3.63) is 58.1 Å². The molecule has 0 bridgehead atoms. The minimum absolute atomic E-state index is 0.0292. The van der Waals surface area contributed by atoms with E-state index in [0.717, 1.165) is 12.1 Å². The highest BCUT2D eigenvalue weighted by Gasteiger charge is 2.31. The van der Waals surface area contributed by atoms with Crippen molar-refractivity contribution in [2.24, 2.45) is 0 Å². The summed E-state index contributed by atoms with van der Waals surface area (Å²) in [6, 6.07) is 9.30. The molecule has 0 fully saturated rings. The number of carbonyl (C=O) groups excluding carboxylic acids is 1. The molecule has 0 spiro atoms. The van der Waals surface area contributed by atoms with Gasteiger partial charge >= 0.3 is 6.36 Å². The molecule has 138 valence electrons. The number of halogens is 3. The summed E-state index contributed by atoms with van der Waals surface area (Å²) in [7, 11) is 0. The Kier molecular flexibility index (Phi) is 5.65. The second-order valence-electron chi connectivity index (χ2n) is 5.26. The van der Waals surface area contributed by atoms with Crippen LogP contribution in [0.25, 0.3) is 0 Å². The Hall–Kier alpha value is -3.30. The van der Waals surface area contributed by atoms with E-state index in [4.69, 9.17) is 0 Å². The highest BCUT2D eigenvalue weighted by molar-refractivity contribution is 5.95. The first-order chi connectivity index (χ1) is 12.1. The van der Waals surface area contributed by atoms with E-state index in [-0.39, 0.29) is 23.6 Å². The van der Waals surface area contributed by atoms with Gasteiger partial charge in [0, 0.05) is 17.8 Å². The maximum Gasteiger partial charge on any atom is 0.573 e. The molecular weight excluding hydrogens is 355 g/mol. The lowest BCUT2D eigenvalue weighted by Crippen LogP contribution is -2.22. The number of rotatable bonds is 6. The first-order valence-electron chi connectivity index (χ1n) is 7.28. The van der Waals surface area contributed by atoms with Gasteiger partial charge in [-0.1, -0.05) is 12.1 Å². The number of nitro groups is 1. The number of aryl methyl sites for hydroxylation is 1. The van der Waals surface area contributed by atoms with Gasteiger partial charge in [-0.05, 0) is 30.7 Å². The number of nitro benzene ring substituents is 1. The molecule has 2 rings (SSSR count). The van der Waals surface area contributed by atoms with Crippen molar-refractivity contribution >= 4 is 23.0 Å². The molecule has 0 aliphatic rings. The second-order valence-corrected chi connectivity index (χ2v) is 5.26. The van der Waals surface area contributed by atoms with Crippen molar-refractivity contribution in [2.75, 3.05) is 17.2 Å². The van der Waals surface area contributed by atoms with E-state index in [1.807, 2.05) is 0 Å². The second kappa shape index (κ2) is 7.72. The van der Waals surface area contributed by atoms with E-state index in [1.165, 1.54) is 24.3 Å². The predicted molar refractivity (Wildman–Crippen MR) is 88.1 cm³/mol.